The molecule has 80 valence electrons. The van der Waals surface area contributed by atoms with E-state index in [9.17, 15) is 0 Å². The molecule has 0 heterocycles. The standard InChI is InChI=1S/C11H22Cl2/c1-4-7-10(12)8-6-9-11(3,13)5-2/h10H,4-9H2,1-3H3. The van der Waals surface area contributed by atoms with E-state index in [4.69, 9.17) is 23.2 Å². The van der Waals surface area contributed by atoms with Crippen molar-refractivity contribution in [2.45, 2.75) is 69.5 Å². The van der Waals surface area contributed by atoms with Crippen LogP contribution in [-0.2, 0) is 0 Å². The van der Waals surface area contributed by atoms with Gasteiger partial charge in [-0.1, -0.05) is 26.7 Å². The van der Waals surface area contributed by atoms with Crippen LogP contribution in [0.3, 0.4) is 0 Å². The maximum absolute atomic E-state index is 6.24. The summed E-state index contributed by atoms with van der Waals surface area (Å²) >= 11 is 12.3. The van der Waals surface area contributed by atoms with E-state index in [-0.39, 0.29) is 4.87 Å². The van der Waals surface area contributed by atoms with Crippen LogP contribution in [0.2, 0.25) is 0 Å². The molecular weight excluding hydrogens is 203 g/mol. The van der Waals surface area contributed by atoms with Crippen LogP contribution in [0.1, 0.15) is 59.3 Å². The van der Waals surface area contributed by atoms with Crippen LogP contribution >= 0.6 is 23.2 Å². The SMILES string of the molecule is CCCC(Cl)CCCC(C)(Cl)CC. The van der Waals surface area contributed by atoms with Gasteiger partial charge in [0.15, 0.2) is 0 Å². The maximum Gasteiger partial charge on any atom is 0.0416 e. The summed E-state index contributed by atoms with van der Waals surface area (Å²) in [5, 5.41) is 0.356. The fourth-order valence-corrected chi connectivity index (χ4v) is 1.83. The zero-order valence-electron chi connectivity index (χ0n) is 9.08. The quantitative estimate of drug-likeness (QED) is 0.536. The second-order valence-electron chi connectivity index (χ2n) is 4.05. The molecule has 0 radical (unpaired) electrons. The van der Waals surface area contributed by atoms with E-state index in [1.54, 1.807) is 0 Å². The van der Waals surface area contributed by atoms with E-state index >= 15 is 0 Å². The molecule has 0 aliphatic heterocycles. The van der Waals surface area contributed by atoms with Crippen LogP contribution < -0.4 is 0 Å². The molecule has 0 aliphatic carbocycles. The number of halogens is 2. The highest BCUT2D eigenvalue weighted by atomic mass is 35.5. The average Bonchev–Trinajstić information content (AvgIpc) is 2.05. The molecule has 0 bridgehead atoms. The van der Waals surface area contributed by atoms with Gasteiger partial charge >= 0.3 is 0 Å². The minimum atomic E-state index is -0.0111. The van der Waals surface area contributed by atoms with Crippen molar-refractivity contribution in [1.29, 1.82) is 0 Å². The van der Waals surface area contributed by atoms with Crippen LogP contribution in [0.5, 0.6) is 0 Å². The summed E-state index contributed by atoms with van der Waals surface area (Å²) in [6, 6.07) is 0. The lowest BCUT2D eigenvalue weighted by Gasteiger charge is -2.20. The smallest absolute Gasteiger partial charge is 0.0416 e. The van der Waals surface area contributed by atoms with Gasteiger partial charge in [0.2, 0.25) is 0 Å². The molecule has 0 N–H and O–H groups in total. The zero-order valence-corrected chi connectivity index (χ0v) is 10.6. The van der Waals surface area contributed by atoms with Gasteiger partial charge in [0, 0.05) is 10.3 Å². The highest BCUT2D eigenvalue weighted by Gasteiger charge is 2.17. The van der Waals surface area contributed by atoms with Gasteiger partial charge in [-0.2, -0.15) is 0 Å². The first-order chi connectivity index (χ1) is 6.02. The molecule has 2 unspecified atom stereocenters. The van der Waals surface area contributed by atoms with E-state index in [1.165, 1.54) is 6.42 Å². The molecule has 2 atom stereocenters. The van der Waals surface area contributed by atoms with E-state index in [2.05, 4.69) is 20.8 Å². The molecule has 0 saturated heterocycles. The van der Waals surface area contributed by atoms with Crippen LogP contribution in [0.15, 0.2) is 0 Å². The molecule has 0 aromatic rings. The van der Waals surface area contributed by atoms with Gasteiger partial charge in [-0.15, -0.1) is 23.2 Å². The van der Waals surface area contributed by atoms with E-state index < -0.39 is 0 Å². The van der Waals surface area contributed by atoms with Gasteiger partial charge in [0.05, 0.1) is 0 Å². The summed E-state index contributed by atoms with van der Waals surface area (Å²) in [5.74, 6) is 0. The van der Waals surface area contributed by atoms with E-state index in [0.717, 1.165) is 32.1 Å². The second kappa shape index (κ2) is 6.95. The minimum absolute atomic E-state index is 0.0111. The number of rotatable bonds is 7. The van der Waals surface area contributed by atoms with Gasteiger partial charge in [-0.25, -0.2) is 0 Å². The van der Waals surface area contributed by atoms with E-state index in [0.29, 0.717) is 5.38 Å². The van der Waals surface area contributed by atoms with Crippen molar-refractivity contribution in [1.82, 2.24) is 0 Å². The third-order valence-electron chi connectivity index (χ3n) is 2.55. The summed E-state index contributed by atoms with van der Waals surface area (Å²) in [6.07, 6.45) is 6.69. The van der Waals surface area contributed by atoms with Crippen molar-refractivity contribution in [3.8, 4) is 0 Å². The third kappa shape index (κ3) is 7.64. The molecule has 0 spiro atoms. The lowest BCUT2D eigenvalue weighted by molar-refractivity contribution is 0.506. The van der Waals surface area contributed by atoms with Crippen LogP contribution in [0, 0.1) is 0 Å². The first kappa shape index (κ1) is 13.6. The third-order valence-corrected chi connectivity index (χ3v) is 3.45. The fraction of sp³-hybridized carbons (Fsp3) is 1.00. The normalized spacial score (nSPS) is 18.2. The Bertz CT molecular complexity index is 121. The first-order valence-electron chi connectivity index (χ1n) is 5.35. The molecule has 0 aromatic carbocycles. The van der Waals surface area contributed by atoms with Crippen molar-refractivity contribution in [3.63, 3.8) is 0 Å². The molecule has 2 heteroatoms. The topological polar surface area (TPSA) is 0 Å². The first-order valence-corrected chi connectivity index (χ1v) is 6.16. The fourth-order valence-electron chi connectivity index (χ4n) is 1.33. The Balaban J connectivity index is 3.44. The molecular formula is C11H22Cl2. The molecule has 0 nitrogen and oxygen atoms in total. The minimum Gasteiger partial charge on any atom is -0.123 e. The van der Waals surface area contributed by atoms with Crippen molar-refractivity contribution < 1.29 is 0 Å². The lowest BCUT2D eigenvalue weighted by atomic mass is 9.99. The van der Waals surface area contributed by atoms with Crippen molar-refractivity contribution in [3.05, 3.63) is 0 Å². The van der Waals surface area contributed by atoms with Crippen molar-refractivity contribution in [2.24, 2.45) is 0 Å². The maximum atomic E-state index is 6.24. The Hall–Kier alpha value is 0.580. The zero-order chi connectivity index (χ0) is 10.3. The Morgan fingerprint density at radius 3 is 2.31 bits per heavy atom. The lowest BCUT2D eigenvalue weighted by Crippen LogP contribution is -2.14. The van der Waals surface area contributed by atoms with Crippen molar-refractivity contribution in [2.75, 3.05) is 0 Å². The predicted octanol–water partition coefficient (Wildman–Crippen LogP) is 4.97. The summed E-state index contributed by atoms with van der Waals surface area (Å²) in [4.78, 5) is -0.0111. The van der Waals surface area contributed by atoms with E-state index in [1.807, 2.05) is 0 Å². The molecule has 0 saturated carbocycles. The van der Waals surface area contributed by atoms with Crippen LogP contribution in [0.25, 0.3) is 0 Å². The summed E-state index contributed by atoms with van der Waals surface area (Å²) in [6.45, 7) is 6.42. The van der Waals surface area contributed by atoms with Gasteiger partial charge < -0.3 is 0 Å². The summed E-state index contributed by atoms with van der Waals surface area (Å²) < 4.78 is 0. The van der Waals surface area contributed by atoms with Crippen LogP contribution in [0.4, 0.5) is 0 Å². The Morgan fingerprint density at radius 1 is 1.23 bits per heavy atom. The molecule has 0 amide bonds. The van der Waals surface area contributed by atoms with Crippen LogP contribution in [-0.4, -0.2) is 10.3 Å². The number of alkyl halides is 2. The van der Waals surface area contributed by atoms with Gasteiger partial charge in [0.25, 0.3) is 0 Å². The summed E-state index contributed by atoms with van der Waals surface area (Å²) in [5.41, 5.74) is 0. The van der Waals surface area contributed by atoms with Crippen molar-refractivity contribution >= 4 is 23.2 Å². The van der Waals surface area contributed by atoms with Gasteiger partial charge in [-0.3, -0.25) is 0 Å². The predicted molar refractivity (Wildman–Crippen MR) is 62.9 cm³/mol. The average molecular weight is 225 g/mol. The molecule has 0 aromatic heterocycles. The van der Waals surface area contributed by atoms with Gasteiger partial charge in [-0.05, 0) is 32.6 Å². The highest BCUT2D eigenvalue weighted by molar-refractivity contribution is 6.23. The second-order valence-corrected chi connectivity index (χ2v) is 5.57. The van der Waals surface area contributed by atoms with Gasteiger partial charge in [0.1, 0.15) is 0 Å². The molecule has 13 heavy (non-hydrogen) atoms. The highest BCUT2D eigenvalue weighted by Crippen LogP contribution is 2.26. The number of hydrogen-bond donors (Lipinski definition) is 0. The Morgan fingerprint density at radius 2 is 1.85 bits per heavy atom. The largest absolute Gasteiger partial charge is 0.123 e. The summed E-state index contributed by atoms with van der Waals surface area (Å²) in [7, 11) is 0. The molecule has 0 fully saturated rings. The Kier molecular flexibility index (Phi) is 7.26. The number of hydrogen-bond acceptors (Lipinski definition) is 0. The molecule has 0 aliphatic rings. The monoisotopic (exact) mass is 224 g/mol. The molecule has 0 rings (SSSR count). The Labute approximate surface area is 93.0 Å².